The Morgan fingerprint density at radius 3 is 2.24 bits per heavy atom. The first-order valence-corrected chi connectivity index (χ1v) is 11.7. The van der Waals surface area contributed by atoms with E-state index >= 15 is 4.39 Å². The molecule has 1 amide bonds. The topological polar surface area (TPSA) is 55.8 Å². The number of hydrogen-bond donors (Lipinski definition) is 0. The van der Waals surface area contributed by atoms with Gasteiger partial charge in [-0.2, -0.15) is 13.2 Å². The molecule has 0 fully saturated rings. The van der Waals surface area contributed by atoms with E-state index in [1.54, 1.807) is 18.2 Å². The summed E-state index contributed by atoms with van der Waals surface area (Å²) in [7, 11) is 1.25. The highest BCUT2D eigenvalue weighted by molar-refractivity contribution is 6.30. The van der Waals surface area contributed by atoms with Gasteiger partial charge in [-0.1, -0.05) is 56.1 Å². The summed E-state index contributed by atoms with van der Waals surface area (Å²) in [6.07, 6.45) is -3.50. The maximum Gasteiger partial charge on any atom is 0.416 e. The maximum absolute atomic E-state index is 16.6. The van der Waals surface area contributed by atoms with Gasteiger partial charge in [-0.25, -0.2) is 9.18 Å². The standard InChI is InChI=1S/C24H16ClF4NO4.C3H8/c1-33-20-10-8-16(25)12-18(20)23(26)17-9-7-15(24(27,28)29)11-19(17)30(22(23)32)13-34-21(31)14-5-3-2-4-6-14;1-3-2/h2-12H,13H2,1H3;3H2,1-2H3. The minimum Gasteiger partial charge on any atom is -0.496 e. The zero-order valence-electron chi connectivity index (χ0n) is 20.2. The zero-order valence-corrected chi connectivity index (χ0v) is 21.0. The van der Waals surface area contributed by atoms with Gasteiger partial charge in [0.2, 0.25) is 5.67 Å². The summed E-state index contributed by atoms with van der Waals surface area (Å²) in [6.45, 7) is 3.44. The third-order valence-electron chi connectivity index (χ3n) is 5.39. The highest BCUT2D eigenvalue weighted by Gasteiger charge is 2.55. The third kappa shape index (κ3) is 5.56. The van der Waals surface area contributed by atoms with Crippen LogP contribution in [0.15, 0.2) is 66.7 Å². The van der Waals surface area contributed by atoms with Gasteiger partial charge in [-0.15, -0.1) is 0 Å². The summed E-state index contributed by atoms with van der Waals surface area (Å²) in [5.41, 5.74) is -4.91. The predicted molar refractivity (Wildman–Crippen MR) is 132 cm³/mol. The third-order valence-corrected chi connectivity index (χ3v) is 5.63. The molecule has 0 radical (unpaired) electrons. The molecule has 1 heterocycles. The fourth-order valence-electron chi connectivity index (χ4n) is 3.75. The molecule has 1 unspecified atom stereocenters. The van der Waals surface area contributed by atoms with E-state index in [-0.39, 0.29) is 33.1 Å². The van der Waals surface area contributed by atoms with E-state index in [1.165, 1.54) is 43.9 Å². The molecule has 5 nitrogen and oxygen atoms in total. The number of rotatable bonds is 5. The SMILES string of the molecule is CCC.COc1ccc(Cl)cc1C1(F)C(=O)N(COC(=O)c2ccccc2)c2cc(C(F)(F)F)ccc21. The number of hydrogen-bond acceptors (Lipinski definition) is 4. The van der Waals surface area contributed by atoms with Crippen LogP contribution in [0.2, 0.25) is 5.02 Å². The molecule has 196 valence electrons. The molecule has 0 N–H and O–H groups in total. The van der Waals surface area contributed by atoms with Crippen molar-refractivity contribution < 1.29 is 36.6 Å². The molecule has 0 bridgehead atoms. The van der Waals surface area contributed by atoms with Gasteiger partial charge in [0, 0.05) is 16.1 Å². The van der Waals surface area contributed by atoms with Crippen LogP contribution in [0.3, 0.4) is 0 Å². The van der Waals surface area contributed by atoms with Crippen molar-refractivity contribution in [3.8, 4) is 5.75 Å². The van der Waals surface area contributed by atoms with Crippen molar-refractivity contribution in [2.75, 3.05) is 18.7 Å². The molecule has 3 aromatic carbocycles. The van der Waals surface area contributed by atoms with Crippen molar-refractivity contribution in [3.05, 3.63) is 94.0 Å². The first kappa shape index (κ1) is 28.0. The fourth-order valence-corrected chi connectivity index (χ4v) is 3.92. The van der Waals surface area contributed by atoms with Crippen molar-refractivity contribution in [3.63, 3.8) is 0 Å². The van der Waals surface area contributed by atoms with Crippen LogP contribution in [0.25, 0.3) is 0 Å². The lowest BCUT2D eigenvalue weighted by Crippen LogP contribution is -2.40. The first-order valence-electron chi connectivity index (χ1n) is 11.3. The number of methoxy groups -OCH3 is 1. The average Bonchev–Trinajstić information content (AvgIpc) is 3.09. The van der Waals surface area contributed by atoms with Crippen LogP contribution in [0.1, 0.15) is 47.3 Å². The minimum absolute atomic E-state index is 0.0331. The molecule has 0 aliphatic carbocycles. The molecule has 1 aliphatic heterocycles. The van der Waals surface area contributed by atoms with Crippen LogP contribution in [0.5, 0.6) is 5.75 Å². The molecule has 0 aromatic heterocycles. The Hall–Kier alpha value is -3.59. The molecule has 37 heavy (non-hydrogen) atoms. The van der Waals surface area contributed by atoms with Crippen molar-refractivity contribution in [2.45, 2.75) is 32.1 Å². The van der Waals surface area contributed by atoms with Crippen LogP contribution < -0.4 is 9.64 Å². The van der Waals surface area contributed by atoms with Crippen molar-refractivity contribution >= 4 is 29.2 Å². The van der Waals surface area contributed by atoms with Crippen LogP contribution >= 0.6 is 11.6 Å². The predicted octanol–water partition coefficient (Wildman–Crippen LogP) is 7.16. The lowest BCUT2D eigenvalue weighted by Gasteiger charge is -2.23. The monoisotopic (exact) mass is 537 g/mol. The largest absolute Gasteiger partial charge is 0.496 e. The number of amides is 1. The lowest BCUT2D eigenvalue weighted by molar-refractivity contribution is -0.137. The number of carbonyl (C=O) groups is 2. The van der Waals surface area contributed by atoms with Gasteiger partial charge in [0.25, 0.3) is 5.91 Å². The van der Waals surface area contributed by atoms with Crippen molar-refractivity contribution in [1.29, 1.82) is 0 Å². The summed E-state index contributed by atoms with van der Waals surface area (Å²) in [4.78, 5) is 26.4. The number of ether oxygens (including phenoxy) is 2. The number of nitrogens with zero attached hydrogens (tertiary/aromatic N) is 1. The highest BCUT2D eigenvalue weighted by atomic mass is 35.5. The van der Waals surface area contributed by atoms with Gasteiger partial charge in [0.05, 0.1) is 23.9 Å². The van der Waals surface area contributed by atoms with Crippen molar-refractivity contribution in [2.24, 2.45) is 0 Å². The number of alkyl halides is 4. The van der Waals surface area contributed by atoms with E-state index in [9.17, 15) is 22.8 Å². The smallest absolute Gasteiger partial charge is 0.416 e. The molecule has 3 aromatic rings. The Bertz CT molecular complexity index is 1280. The van der Waals surface area contributed by atoms with E-state index in [4.69, 9.17) is 21.1 Å². The Labute approximate surface area is 216 Å². The Morgan fingerprint density at radius 2 is 1.65 bits per heavy atom. The van der Waals surface area contributed by atoms with Crippen molar-refractivity contribution in [1.82, 2.24) is 0 Å². The maximum atomic E-state index is 16.6. The number of anilines is 1. The normalized spacial score (nSPS) is 16.5. The van der Waals surface area contributed by atoms with Gasteiger partial charge in [-0.3, -0.25) is 9.69 Å². The first-order chi connectivity index (χ1) is 17.5. The van der Waals surface area contributed by atoms with Gasteiger partial charge < -0.3 is 9.47 Å². The van der Waals surface area contributed by atoms with E-state index in [2.05, 4.69) is 13.8 Å². The molecular formula is C27H24ClF4NO4. The van der Waals surface area contributed by atoms with Crippen LogP contribution in [0.4, 0.5) is 23.2 Å². The lowest BCUT2D eigenvalue weighted by atomic mass is 9.88. The number of esters is 1. The average molecular weight is 538 g/mol. The Kier molecular flexibility index (Phi) is 8.48. The second-order valence-electron chi connectivity index (χ2n) is 8.10. The van der Waals surface area contributed by atoms with E-state index < -0.39 is 36.0 Å². The molecule has 1 atom stereocenters. The van der Waals surface area contributed by atoms with Gasteiger partial charge in [0.15, 0.2) is 6.73 Å². The second kappa shape index (κ2) is 11.2. The molecule has 0 saturated carbocycles. The summed E-state index contributed by atoms with van der Waals surface area (Å²) >= 11 is 6.02. The molecule has 0 saturated heterocycles. The number of halogens is 5. The minimum atomic E-state index is -4.75. The highest BCUT2D eigenvalue weighted by Crippen LogP contribution is 2.51. The summed E-state index contributed by atoms with van der Waals surface area (Å²) in [5, 5.41) is 0.0862. The molecule has 1 aliphatic rings. The summed E-state index contributed by atoms with van der Waals surface area (Å²) in [6, 6.07) is 13.9. The van der Waals surface area contributed by atoms with Gasteiger partial charge in [-0.05, 0) is 42.5 Å². The van der Waals surface area contributed by atoms with Crippen LogP contribution in [0, 0.1) is 0 Å². The number of carbonyl (C=O) groups excluding carboxylic acids is 2. The second-order valence-corrected chi connectivity index (χ2v) is 8.54. The summed E-state index contributed by atoms with van der Waals surface area (Å²) in [5.74, 6) is -2.11. The Balaban J connectivity index is 0.00000121. The number of benzene rings is 3. The fraction of sp³-hybridized carbons (Fsp3) is 0.259. The molecule has 10 heteroatoms. The van der Waals surface area contributed by atoms with E-state index in [0.29, 0.717) is 17.0 Å². The summed E-state index contributed by atoms with van der Waals surface area (Å²) < 4.78 is 67.1. The number of fused-ring (bicyclic) bond motifs is 1. The van der Waals surface area contributed by atoms with Gasteiger partial charge >= 0.3 is 12.1 Å². The van der Waals surface area contributed by atoms with Crippen LogP contribution in [-0.2, 0) is 21.4 Å². The molecule has 4 rings (SSSR count). The van der Waals surface area contributed by atoms with E-state index in [1.807, 2.05) is 0 Å². The zero-order chi connectivity index (χ0) is 27.4. The molecule has 0 spiro atoms. The molecular weight excluding hydrogens is 514 g/mol. The Morgan fingerprint density at radius 1 is 1.00 bits per heavy atom. The van der Waals surface area contributed by atoms with Gasteiger partial charge in [0.1, 0.15) is 5.75 Å². The van der Waals surface area contributed by atoms with Crippen LogP contribution in [-0.4, -0.2) is 25.7 Å². The van der Waals surface area contributed by atoms with E-state index in [0.717, 1.165) is 6.07 Å². The quantitative estimate of drug-likeness (QED) is 0.256.